The highest BCUT2D eigenvalue weighted by molar-refractivity contribution is 7.99. The van der Waals surface area contributed by atoms with Crippen molar-refractivity contribution in [2.75, 3.05) is 5.75 Å². The van der Waals surface area contributed by atoms with Crippen molar-refractivity contribution in [2.24, 2.45) is 0 Å². The number of carbonyl (C=O) groups is 1. The molecular formula is C26H22FN7OS. The molecule has 10 heteroatoms. The SMILES string of the molecule is O=C(CSc1nnc(-c2ccccc2F)n1-c1ccccc1)NCc1ccccc1Cn1cncn1. The van der Waals surface area contributed by atoms with Crippen molar-refractivity contribution in [3.8, 4) is 17.1 Å². The highest BCUT2D eigenvalue weighted by Gasteiger charge is 2.19. The number of amides is 1. The van der Waals surface area contributed by atoms with Crippen LogP contribution in [0.4, 0.5) is 4.39 Å². The fourth-order valence-corrected chi connectivity index (χ4v) is 4.52. The Morgan fingerprint density at radius 1 is 0.917 bits per heavy atom. The molecule has 1 N–H and O–H groups in total. The zero-order chi connectivity index (χ0) is 24.7. The third-order valence-corrected chi connectivity index (χ3v) is 6.42. The second-order valence-corrected chi connectivity index (χ2v) is 8.83. The van der Waals surface area contributed by atoms with E-state index in [1.807, 2.05) is 54.6 Å². The van der Waals surface area contributed by atoms with Gasteiger partial charge in [-0.2, -0.15) is 5.10 Å². The van der Waals surface area contributed by atoms with Crippen molar-refractivity contribution in [3.05, 3.63) is 108 Å². The predicted molar refractivity (Wildman–Crippen MR) is 135 cm³/mol. The van der Waals surface area contributed by atoms with Crippen LogP contribution in [0.25, 0.3) is 17.1 Å². The Morgan fingerprint density at radius 3 is 2.44 bits per heavy atom. The molecule has 2 heterocycles. The van der Waals surface area contributed by atoms with Crippen LogP contribution >= 0.6 is 11.8 Å². The molecule has 1 amide bonds. The van der Waals surface area contributed by atoms with Gasteiger partial charge in [-0.05, 0) is 35.4 Å². The van der Waals surface area contributed by atoms with Gasteiger partial charge in [0.25, 0.3) is 0 Å². The molecule has 0 saturated carbocycles. The molecule has 0 aliphatic heterocycles. The van der Waals surface area contributed by atoms with E-state index in [0.717, 1.165) is 16.8 Å². The van der Waals surface area contributed by atoms with Gasteiger partial charge in [0.15, 0.2) is 11.0 Å². The molecule has 0 saturated heterocycles. The first kappa shape index (κ1) is 23.4. The minimum absolute atomic E-state index is 0.132. The number of benzene rings is 3. The fraction of sp³-hybridized carbons (Fsp3) is 0.115. The predicted octanol–water partition coefficient (Wildman–Crippen LogP) is 4.12. The monoisotopic (exact) mass is 499 g/mol. The summed E-state index contributed by atoms with van der Waals surface area (Å²) in [5.41, 5.74) is 3.18. The van der Waals surface area contributed by atoms with E-state index in [4.69, 9.17) is 0 Å². The van der Waals surface area contributed by atoms with Crippen LogP contribution in [0.5, 0.6) is 0 Å². The Bertz CT molecular complexity index is 1450. The highest BCUT2D eigenvalue weighted by Crippen LogP contribution is 2.29. The summed E-state index contributed by atoms with van der Waals surface area (Å²) in [4.78, 5) is 16.7. The van der Waals surface area contributed by atoms with Crippen LogP contribution in [0.1, 0.15) is 11.1 Å². The van der Waals surface area contributed by atoms with Gasteiger partial charge in [0.05, 0.1) is 17.9 Å². The van der Waals surface area contributed by atoms with Crippen molar-refractivity contribution in [1.82, 2.24) is 34.8 Å². The maximum absolute atomic E-state index is 14.5. The summed E-state index contributed by atoms with van der Waals surface area (Å²) in [6.07, 6.45) is 3.15. The van der Waals surface area contributed by atoms with E-state index in [-0.39, 0.29) is 17.5 Å². The maximum atomic E-state index is 14.5. The molecule has 0 unspecified atom stereocenters. The molecule has 5 rings (SSSR count). The van der Waals surface area contributed by atoms with Gasteiger partial charge in [-0.3, -0.25) is 9.36 Å². The molecule has 0 aliphatic carbocycles. The summed E-state index contributed by atoms with van der Waals surface area (Å²) in [5.74, 6) is -0.0243. The van der Waals surface area contributed by atoms with Crippen molar-refractivity contribution in [1.29, 1.82) is 0 Å². The van der Waals surface area contributed by atoms with Gasteiger partial charge >= 0.3 is 0 Å². The lowest BCUT2D eigenvalue weighted by atomic mass is 10.1. The Balaban J connectivity index is 1.29. The van der Waals surface area contributed by atoms with Crippen LogP contribution in [0.3, 0.4) is 0 Å². The van der Waals surface area contributed by atoms with Gasteiger partial charge < -0.3 is 5.32 Å². The van der Waals surface area contributed by atoms with Crippen LogP contribution in [0.15, 0.2) is 96.7 Å². The Labute approximate surface area is 211 Å². The summed E-state index contributed by atoms with van der Waals surface area (Å²) in [6.45, 7) is 0.954. The molecule has 5 aromatic rings. The number of nitrogens with zero attached hydrogens (tertiary/aromatic N) is 6. The smallest absolute Gasteiger partial charge is 0.230 e. The van der Waals surface area contributed by atoms with E-state index in [9.17, 15) is 9.18 Å². The second-order valence-electron chi connectivity index (χ2n) is 7.88. The summed E-state index contributed by atoms with van der Waals surface area (Å²) in [6, 6.07) is 23.8. The zero-order valence-corrected chi connectivity index (χ0v) is 20.0. The minimum atomic E-state index is -0.388. The average molecular weight is 500 g/mol. The first-order valence-corrected chi connectivity index (χ1v) is 12.2. The molecule has 0 aliphatic rings. The lowest BCUT2D eigenvalue weighted by Crippen LogP contribution is -2.25. The Hall–Kier alpha value is -4.31. The van der Waals surface area contributed by atoms with E-state index in [1.165, 1.54) is 24.2 Å². The van der Waals surface area contributed by atoms with Gasteiger partial charge in [0.1, 0.15) is 18.5 Å². The molecule has 3 aromatic carbocycles. The van der Waals surface area contributed by atoms with E-state index < -0.39 is 0 Å². The minimum Gasteiger partial charge on any atom is -0.351 e. The highest BCUT2D eigenvalue weighted by atomic mass is 32.2. The molecule has 0 atom stereocenters. The zero-order valence-electron chi connectivity index (χ0n) is 19.2. The summed E-state index contributed by atoms with van der Waals surface area (Å²) in [5, 5.41) is 16.1. The molecular weight excluding hydrogens is 477 g/mol. The summed E-state index contributed by atoms with van der Waals surface area (Å²) in [7, 11) is 0. The second kappa shape index (κ2) is 11.0. The number of para-hydroxylation sites is 1. The van der Waals surface area contributed by atoms with Gasteiger partial charge in [0, 0.05) is 12.2 Å². The lowest BCUT2D eigenvalue weighted by Gasteiger charge is -2.12. The molecule has 2 aromatic heterocycles. The number of halogens is 1. The van der Waals surface area contributed by atoms with Crippen LogP contribution < -0.4 is 5.32 Å². The van der Waals surface area contributed by atoms with E-state index >= 15 is 0 Å². The molecule has 0 radical (unpaired) electrons. The molecule has 0 spiro atoms. The van der Waals surface area contributed by atoms with Crippen LogP contribution in [-0.4, -0.2) is 41.2 Å². The Kier molecular flexibility index (Phi) is 7.13. The third-order valence-electron chi connectivity index (χ3n) is 5.49. The average Bonchev–Trinajstić information content (AvgIpc) is 3.58. The molecule has 0 bridgehead atoms. The van der Waals surface area contributed by atoms with Gasteiger partial charge in [-0.25, -0.2) is 14.1 Å². The Morgan fingerprint density at radius 2 is 1.67 bits per heavy atom. The van der Waals surface area contributed by atoms with Gasteiger partial charge in [0.2, 0.25) is 5.91 Å². The lowest BCUT2D eigenvalue weighted by molar-refractivity contribution is -0.118. The maximum Gasteiger partial charge on any atom is 0.230 e. The van der Waals surface area contributed by atoms with E-state index in [2.05, 4.69) is 25.6 Å². The molecule has 36 heavy (non-hydrogen) atoms. The molecule has 0 fully saturated rings. The van der Waals surface area contributed by atoms with Crippen molar-refractivity contribution >= 4 is 17.7 Å². The van der Waals surface area contributed by atoms with Crippen LogP contribution in [0.2, 0.25) is 0 Å². The number of thioether (sulfide) groups is 1. The van der Waals surface area contributed by atoms with Crippen molar-refractivity contribution in [3.63, 3.8) is 0 Å². The largest absolute Gasteiger partial charge is 0.351 e. The quantitative estimate of drug-likeness (QED) is 0.307. The normalized spacial score (nSPS) is 10.9. The number of rotatable bonds is 9. The number of hydrogen-bond acceptors (Lipinski definition) is 6. The summed E-state index contributed by atoms with van der Waals surface area (Å²) >= 11 is 1.25. The van der Waals surface area contributed by atoms with Gasteiger partial charge in [-0.15, -0.1) is 10.2 Å². The standard InChI is InChI=1S/C26H22FN7OS/c27-23-13-7-6-12-22(23)25-31-32-26(34(25)21-10-2-1-3-11-21)36-16-24(35)29-14-19-8-4-5-9-20(19)15-33-18-28-17-30-33/h1-13,17-18H,14-16H2,(H,29,35). The number of carbonyl (C=O) groups excluding carboxylic acids is 1. The third kappa shape index (κ3) is 5.33. The number of hydrogen-bond donors (Lipinski definition) is 1. The van der Waals surface area contributed by atoms with E-state index in [0.29, 0.717) is 29.6 Å². The van der Waals surface area contributed by atoms with Crippen LogP contribution in [0, 0.1) is 5.82 Å². The topological polar surface area (TPSA) is 90.5 Å². The van der Waals surface area contributed by atoms with Gasteiger partial charge in [-0.1, -0.05) is 66.4 Å². The first-order valence-electron chi connectivity index (χ1n) is 11.2. The van der Waals surface area contributed by atoms with Crippen molar-refractivity contribution < 1.29 is 9.18 Å². The van der Waals surface area contributed by atoms with Crippen molar-refractivity contribution in [2.45, 2.75) is 18.2 Å². The number of nitrogens with one attached hydrogen (secondary N) is 1. The number of aromatic nitrogens is 6. The van der Waals surface area contributed by atoms with E-state index in [1.54, 1.807) is 33.8 Å². The summed E-state index contributed by atoms with van der Waals surface area (Å²) < 4.78 is 18.1. The first-order chi connectivity index (χ1) is 17.7. The fourth-order valence-electron chi connectivity index (χ4n) is 3.74. The molecule has 8 nitrogen and oxygen atoms in total. The molecule has 180 valence electrons. The van der Waals surface area contributed by atoms with Crippen LogP contribution in [-0.2, 0) is 17.9 Å².